The Morgan fingerprint density at radius 3 is 1.22 bits per heavy atom. The number of benzene rings is 6. The molecule has 0 fully saturated rings. The third-order valence-corrected chi connectivity index (χ3v) is 8.70. The van der Waals surface area contributed by atoms with Gasteiger partial charge < -0.3 is 10.6 Å². The molecule has 1 aliphatic heterocycles. The zero-order valence-electron chi connectivity index (χ0n) is 24.2. The number of fused-ring (bicyclic) bond motifs is 16. The van der Waals surface area contributed by atoms with Crippen LogP contribution < -0.4 is 0 Å². The molecular formula is C40H26N4Pt. The third-order valence-electron chi connectivity index (χ3n) is 8.70. The summed E-state index contributed by atoms with van der Waals surface area (Å²) < 4.78 is 0. The molecule has 1 aliphatic rings. The molecule has 0 unspecified atom stereocenters. The summed E-state index contributed by atoms with van der Waals surface area (Å²) in [7, 11) is 0. The molecule has 0 radical (unpaired) electrons. The van der Waals surface area contributed by atoms with Crippen molar-refractivity contribution in [2.75, 3.05) is 0 Å². The molecule has 2 aromatic heterocycles. The normalized spacial score (nSPS) is 12.4. The summed E-state index contributed by atoms with van der Waals surface area (Å²) in [5.41, 5.74) is 7.63. The second kappa shape index (κ2) is 11.1. The molecule has 4 nitrogen and oxygen atoms in total. The average molecular weight is 758 g/mol. The third kappa shape index (κ3) is 4.65. The van der Waals surface area contributed by atoms with E-state index in [2.05, 4.69) is 133 Å². The van der Waals surface area contributed by atoms with E-state index in [0.717, 1.165) is 88.4 Å². The van der Waals surface area contributed by atoms with E-state index in [-0.39, 0.29) is 21.1 Å². The Labute approximate surface area is 275 Å². The molecule has 8 aromatic rings. The van der Waals surface area contributed by atoms with Crippen LogP contribution in [-0.2, 0) is 34.2 Å². The minimum atomic E-state index is 0. The molecule has 0 aliphatic carbocycles. The number of hydrogen-bond acceptors (Lipinski definition) is 2. The van der Waals surface area contributed by atoms with Gasteiger partial charge in [0.1, 0.15) is 0 Å². The van der Waals surface area contributed by atoms with E-state index in [1.54, 1.807) is 0 Å². The maximum atomic E-state index is 5.32. The summed E-state index contributed by atoms with van der Waals surface area (Å²) in [5.74, 6) is 0. The Bertz CT molecular complexity index is 2250. The second-order valence-electron chi connectivity index (χ2n) is 11.4. The first kappa shape index (κ1) is 27.5. The van der Waals surface area contributed by atoms with Crippen LogP contribution >= 0.6 is 0 Å². The van der Waals surface area contributed by atoms with Crippen molar-refractivity contribution in [2.24, 2.45) is 0 Å². The van der Waals surface area contributed by atoms with Crippen LogP contribution in [0.25, 0.3) is 76.2 Å². The zero-order valence-corrected chi connectivity index (χ0v) is 26.5. The van der Waals surface area contributed by atoms with E-state index in [1.165, 1.54) is 0 Å². The van der Waals surface area contributed by atoms with Crippen molar-refractivity contribution in [3.63, 3.8) is 0 Å². The summed E-state index contributed by atoms with van der Waals surface area (Å²) in [6.45, 7) is 0.885. The molecule has 3 heterocycles. The van der Waals surface area contributed by atoms with Crippen LogP contribution in [0.3, 0.4) is 0 Å². The Hall–Kier alpha value is -5.05. The Morgan fingerprint density at radius 1 is 0.400 bits per heavy atom. The van der Waals surface area contributed by atoms with Crippen molar-refractivity contribution in [2.45, 2.75) is 13.1 Å². The van der Waals surface area contributed by atoms with Gasteiger partial charge in [-0.1, -0.05) is 134 Å². The van der Waals surface area contributed by atoms with E-state index in [1.807, 2.05) is 0 Å². The largest absolute Gasteiger partial charge is 2.00 e. The van der Waals surface area contributed by atoms with Crippen LogP contribution in [0.2, 0.25) is 0 Å². The van der Waals surface area contributed by atoms with Crippen LogP contribution in [0.1, 0.15) is 11.4 Å². The maximum absolute atomic E-state index is 5.32. The number of pyridine rings is 2. The zero-order chi connectivity index (χ0) is 29.0. The van der Waals surface area contributed by atoms with Gasteiger partial charge in [-0.2, -0.15) is 0 Å². The molecule has 9 rings (SSSR count). The van der Waals surface area contributed by atoms with Crippen LogP contribution in [0.4, 0.5) is 11.4 Å². The maximum Gasteiger partial charge on any atom is 2.00 e. The summed E-state index contributed by atoms with van der Waals surface area (Å²) in [6.07, 6.45) is 0. The van der Waals surface area contributed by atoms with Gasteiger partial charge in [0.05, 0.1) is 11.4 Å². The summed E-state index contributed by atoms with van der Waals surface area (Å²) in [5, 5.41) is 19.6. The summed E-state index contributed by atoms with van der Waals surface area (Å²) in [4.78, 5) is 10.6. The fourth-order valence-corrected chi connectivity index (χ4v) is 6.67. The molecule has 216 valence electrons. The van der Waals surface area contributed by atoms with E-state index >= 15 is 0 Å². The van der Waals surface area contributed by atoms with Gasteiger partial charge in [-0.15, -0.1) is 11.4 Å². The first-order valence-electron chi connectivity index (χ1n) is 15.0. The van der Waals surface area contributed by atoms with Crippen molar-refractivity contribution < 1.29 is 21.1 Å². The standard InChI is InChI=1S/C40H26N4.Pt/c1-5-13-31-25(9-1)17-19-35-37(31)39-33-15-7-3-11-27(33)21-29(43-39)24-42-36-20-18-26-10-2-6-14-32(26)38(36)40-34-16-8-4-12-28(34)22-30(44-40)23-41-35;/h1-22H,23-24H2;/q-2;+2. The van der Waals surface area contributed by atoms with Crippen LogP contribution in [0.5, 0.6) is 0 Å². The number of hydrogen-bond donors (Lipinski definition) is 0. The quantitative estimate of drug-likeness (QED) is 0.155. The monoisotopic (exact) mass is 757 g/mol. The van der Waals surface area contributed by atoms with Gasteiger partial charge in [0.2, 0.25) is 0 Å². The first-order chi connectivity index (χ1) is 21.8. The van der Waals surface area contributed by atoms with E-state index in [4.69, 9.17) is 20.6 Å². The average Bonchev–Trinajstić information content (AvgIpc) is 3.08. The van der Waals surface area contributed by atoms with E-state index < -0.39 is 0 Å². The topological polar surface area (TPSA) is 54.0 Å². The van der Waals surface area contributed by atoms with Gasteiger partial charge in [0, 0.05) is 22.2 Å². The summed E-state index contributed by atoms with van der Waals surface area (Å²) >= 11 is 0. The van der Waals surface area contributed by atoms with Crippen molar-refractivity contribution in [3.05, 3.63) is 155 Å². The van der Waals surface area contributed by atoms with Gasteiger partial charge in [-0.3, -0.25) is 9.97 Å². The predicted molar refractivity (Wildman–Crippen MR) is 183 cm³/mol. The van der Waals surface area contributed by atoms with E-state index in [0.29, 0.717) is 13.1 Å². The molecular weight excluding hydrogens is 732 g/mol. The van der Waals surface area contributed by atoms with Crippen molar-refractivity contribution in [1.82, 2.24) is 9.97 Å². The Morgan fingerprint density at radius 2 is 0.778 bits per heavy atom. The van der Waals surface area contributed by atoms with E-state index in [9.17, 15) is 0 Å². The number of aromatic nitrogens is 2. The minimum absolute atomic E-state index is 0. The van der Waals surface area contributed by atoms with Crippen LogP contribution in [0, 0.1) is 0 Å². The molecule has 0 atom stereocenters. The predicted octanol–water partition coefficient (Wildman–Crippen LogP) is 11.1. The smallest absolute Gasteiger partial charge is 0.679 e. The molecule has 0 amide bonds. The molecule has 0 saturated carbocycles. The molecule has 4 bridgehead atoms. The Balaban J connectivity index is 0.00000300. The van der Waals surface area contributed by atoms with Crippen molar-refractivity contribution >= 4 is 54.5 Å². The second-order valence-corrected chi connectivity index (χ2v) is 11.4. The summed E-state index contributed by atoms with van der Waals surface area (Å²) in [6, 6.07) is 46.9. The fourth-order valence-electron chi connectivity index (χ4n) is 6.67. The molecule has 0 spiro atoms. The van der Waals surface area contributed by atoms with Gasteiger partial charge in [0.15, 0.2) is 0 Å². The van der Waals surface area contributed by atoms with Crippen LogP contribution in [-0.4, -0.2) is 9.97 Å². The molecule has 0 saturated heterocycles. The number of nitrogens with zero attached hydrogens (tertiary/aromatic N) is 4. The van der Waals surface area contributed by atoms with Crippen molar-refractivity contribution in [1.29, 1.82) is 0 Å². The molecule has 6 aromatic carbocycles. The van der Waals surface area contributed by atoms with Gasteiger partial charge in [-0.05, 0) is 55.6 Å². The van der Waals surface area contributed by atoms with Gasteiger partial charge in [0.25, 0.3) is 0 Å². The van der Waals surface area contributed by atoms with Gasteiger partial charge in [-0.25, -0.2) is 0 Å². The molecule has 5 heteroatoms. The fraction of sp³-hybridized carbons (Fsp3) is 0.0500. The molecule has 0 N–H and O–H groups in total. The number of rotatable bonds is 0. The minimum Gasteiger partial charge on any atom is -0.679 e. The SMILES string of the molecule is [Pt+2].c1ccc2c3nc(cc2c1)C[N-]c1ccc2ccccc2c1-c1nc(cc2ccccc12)C[N-]c1ccc2ccccc2c1-3. The van der Waals surface area contributed by atoms with Crippen LogP contribution in [0.15, 0.2) is 133 Å². The first-order valence-corrected chi connectivity index (χ1v) is 15.0. The van der Waals surface area contributed by atoms with Crippen molar-refractivity contribution in [3.8, 4) is 22.5 Å². The Kier molecular flexibility index (Phi) is 6.81. The molecule has 45 heavy (non-hydrogen) atoms. The van der Waals surface area contributed by atoms with Gasteiger partial charge >= 0.3 is 21.1 Å².